The molecular formula is C34H70O2. The zero-order valence-corrected chi connectivity index (χ0v) is 25.6. The molecule has 0 spiro atoms. The van der Waals surface area contributed by atoms with E-state index in [-0.39, 0.29) is 0 Å². The van der Waals surface area contributed by atoms with Crippen molar-refractivity contribution in [2.24, 2.45) is 0 Å². The summed E-state index contributed by atoms with van der Waals surface area (Å²) in [5, 5.41) is 0. The number of ether oxygens (including phenoxy) is 2. The SMILES string of the molecule is CCCCCCCCCCCCCCOCCCC(CC)OCCCCCCCCCCCCCC. The van der Waals surface area contributed by atoms with Crippen molar-refractivity contribution >= 4 is 0 Å². The normalized spacial score (nSPS) is 12.4. The summed E-state index contributed by atoms with van der Waals surface area (Å²) in [6.45, 7) is 9.68. The van der Waals surface area contributed by atoms with E-state index in [0.29, 0.717) is 6.10 Å². The average molecular weight is 511 g/mol. The van der Waals surface area contributed by atoms with Gasteiger partial charge in [0.15, 0.2) is 0 Å². The van der Waals surface area contributed by atoms with E-state index in [9.17, 15) is 0 Å². The lowest BCUT2D eigenvalue weighted by molar-refractivity contribution is 0.0327. The Balaban J connectivity index is 3.25. The Morgan fingerprint density at radius 3 is 1.08 bits per heavy atom. The molecule has 218 valence electrons. The monoisotopic (exact) mass is 511 g/mol. The molecule has 2 heteroatoms. The van der Waals surface area contributed by atoms with Crippen LogP contribution in [0, 0.1) is 0 Å². The molecule has 2 nitrogen and oxygen atoms in total. The van der Waals surface area contributed by atoms with Gasteiger partial charge in [0, 0.05) is 19.8 Å². The van der Waals surface area contributed by atoms with E-state index in [1.807, 2.05) is 0 Å². The summed E-state index contributed by atoms with van der Waals surface area (Å²) < 4.78 is 12.0. The maximum atomic E-state index is 6.15. The molecule has 0 rings (SSSR count). The molecule has 0 bridgehead atoms. The third-order valence-corrected chi connectivity index (χ3v) is 7.76. The maximum Gasteiger partial charge on any atom is 0.0573 e. The molecule has 0 saturated carbocycles. The Bertz CT molecular complexity index is 370. The first-order chi connectivity index (χ1) is 17.8. The summed E-state index contributed by atoms with van der Waals surface area (Å²) >= 11 is 0. The van der Waals surface area contributed by atoms with Gasteiger partial charge in [-0.05, 0) is 32.1 Å². The molecule has 0 radical (unpaired) electrons. The molecule has 0 fully saturated rings. The van der Waals surface area contributed by atoms with Crippen LogP contribution >= 0.6 is 0 Å². The highest BCUT2D eigenvalue weighted by molar-refractivity contribution is 4.57. The molecule has 0 aliphatic carbocycles. The molecule has 0 aliphatic heterocycles. The molecular weight excluding hydrogens is 440 g/mol. The van der Waals surface area contributed by atoms with E-state index in [0.717, 1.165) is 39.1 Å². The first-order valence-electron chi connectivity index (χ1n) is 17.0. The Morgan fingerprint density at radius 2 is 0.694 bits per heavy atom. The smallest absolute Gasteiger partial charge is 0.0573 e. The lowest BCUT2D eigenvalue weighted by atomic mass is 10.1. The van der Waals surface area contributed by atoms with Crippen molar-refractivity contribution in [1.82, 2.24) is 0 Å². The van der Waals surface area contributed by atoms with Crippen LogP contribution < -0.4 is 0 Å². The van der Waals surface area contributed by atoms with Crippen molar-refractivity contribution in [2.45, 2.75) is 200 Å². The maximum absolute atomic E-state index is 6.15. The van der Waals surface area contributed by atoms with Crippen molar-refractivity contribution < 1.29 is 9.47 Å². The fourth-order valence-electron chi connectivity index (χ4n) is 5.16. The van der Waals surface area contributed by atoms with Gasteiger partial charge in [-0.1, -0.05) is 162 Å². The van der Waals surface area contributed by atoms with Crippen LogP contribution in [0.2, 0.25) is 0 Å². The summed E-state index contributed by atoms with van der Waals surface area (Å²) in [7, 11) is 0. The molecule has 0 amide bonds. The van der Waals surface area contributed by atoms with Gasteiger partial charge in [-0.3, -0.25) is 0 Å². The topological polar surface area (TPSA) is 18.5 Å². The standard InChI is InChI=1S/C34H70O2/c1-4-7-9-11-13-15-17-19-21-23-25-27-31-35-32-29-30-34(6-3)36-33-28-26-24-22-20-18-16-14-12-10-8-5-2/h34H,4-33H2,1-3H3. The fourth-order valence-corrected chi connectivity index (χ4v) is 5.16. The molecule has 0 heterocycles. The summed E-state index contributed by atoms with van der Waals surface area (Å²) in [6.07, 6.45) is 37.6. The van der Waals surface area contributed by atoms with Gasteiger partial charge in [0.25, 0.3) is 0 Å². The lowest BCUT2D eigenvalue weighted by Crippen LogP contribution is -2.14. The quantitative estimate of drug-likeness (QED) is 0.0837. The highest BCUT2D eigenvalue weighted by Gasteiger charge is 2.06. The van der Waals surface area contributed by atoms with Gasteiger partial charge in [0.05, 0.1) is 6.10 Å². The summed E-state index contributed by atoms with van der Waals surface area (Å²) in [6, 6.07) is 0. The van der Waals surface area contributed by atoms with Gasteiger partial charge in [-0.15, -0.1) is 0 Å². The molecule has 0 saturated heterocycles. The molecule has 0 aromatic carbocycles. The molecule has 36 heavy (non-hydrogen) atoms. The van der Waals surface area contributed by atoms with E-state index in [1.54, 1.807) is 0 Å². The number of unbranched alkanes of at least 4 members (excludes halogenated alkanes) is 22. The third kappa shape index (κ3) is 30.1. The van der Waals surface area contributed by atoms with Gasteiger partial charge in [-0.2, -0.15) is 0 Å². The third-order valence-electron chi connectivity index (χ3n) is 7.76. The summed E-state index contributed by atoms with van der Waals surface area (Å²) in [5.74, 6) is 0. The zero-order valence-electron chi connectivity index (χ0n) is 25.6. The van der Waals surface area contributed by atoms with Crippen LogP contribution in [0.1, 0.15) is 194 Å². The fraction of sp³-hybridized carbons (Fsp3) is 1.00. The minimum Gasteiger partial charge on any atom is -0.381 e. The molecule has 0 aromatic rings. The molecule has 0 aliphatic rings. The van der Waals surface area contributed by atoms with Crippen LogP contribution in [0.15, 0.2) is 0 Å². The Kier molecular flexibility index (Phi) is 32.9. The first kappa shape index (κ1) is 35.9. The highest BCUT2D eigenvalue weighted by Crippen LogP contribution is 2.14. The summed E-state index contributed by atoms with van der Waals surface area (Å²) in [4.78, 5) is 0. The zero-order chi connectivity index (χ0) is 26.2. The van der Waals surface area contributed by atoms with Crippen LogP contribution in [0.5, 0.6) is 0 Å². The number of rotatable bonds is 32. The number of hydrogen-bond donors (Lipinski definition) is 0. The van der Waals surface area contributed by atoms with Gasteiger partial charge < -0.3 is 9.47 Å². The summed E-state index contributed by atoms with van der Waals surface area (Å²) in [5.41, 5.74) is 0. The highest BCUT2D eigenvalue weighted by atomic mass is 16.5. The molecule has 0 aromatic heterocycles. The van der Waals surface area contributed by atoms with Crippen molar-refractivity contribution in [1.29, 1.82) is 0 Å². The van der Waals surface area contributed by atoms with E-state index >= 15 is 0 Å². The van der Waals surface area contributed by atoms with Gasteiger partial charge in [-0.25, -0.2) is 0 Å². The Hall–Kier alpha value is -0.0800. The van der Waals surface area contributed by atoms with Crippen LogP contribution in [-0.2, 0) is 9.47 Å². The van der Waals surface area contributed by atoms with Gasteiger partial charge in [0.2, 0.25) is 0 Å². The lowest BCUT2D eigenvalue weighted by Gasteiger charge is -2.16. The molecule has 1 atom stereocenters. The van der Waals surface area contributed by atoms with Crippen LogP contribution in [-0.4, -0.2) is 25.9 Å². The van der Waals surface area contributed by atoms with E-state index in [1.165, 1.54) is 154 Å². The van der Waals surface area contributed by atoms with Crippen molar-refractivity contribution in [3.63, 3.8) is 0 Å². The van der Waals surface area contributed by atoms with Gasteiger partial charge in [0.1, 0.15) is 0 Å². The van der Waals surface area contributed by atoms with Crippen LogP contribution in [0.4, 0.5) is 0 Å². The predicted octanol–water partition coefficient (Wildman–Crippen LogP) is 12.0. The van der Waals surface area contributed by atoms with Crippen LogP contribution in [0.3, 0.4) is 0 Å². The van der Waals surface area contributed by atoms with Gasteiger partial charge >= 0.3 is 0 Å². The second-order valence-corrected chi connectivity index (χ2v) is 11.4. The van der Waals surface area contributed by atoms with Crippen molar-refractivity contribution in [2.75, 3.05) is 19.8 Å². The number of hydrogen-bond acceptors (Lipinski definition) is 2. The van der Waals surface area contributed by atoms with E-state index < -0.39 is 0 Å². The minimum atomic E-state index is 0.438. The van der Waals surface area contributed by atoms with Crippen molar-refractivity contribution in [3.05, 3.63) is 0 Å². The second kappa shape index (κ2) is 32.9. The largest absolute Gasteiger partial charge is 0.381 e. The Labute approximate surface area is 229 Å². The average Bonchev–Trinajstić information content (AvgIpc) is 2.89. The van der Waals surface area contributed by atoms with E-state index in [4.69, 9.17) is 9.47 Å². The van der Waals surface area contributed by atoms with E-state index in [2.05, 4.69) is 20.8 Å². The minimum absolute atomic E-state index is 0.438. The first-order valence-corrected chi connectivity index (χ1v) is 17.0. The molecule has 1 unspecified atom stereocenters. The second-order valence-electron chi connectivity index (χ2n) is 11.4. The van der Waals surface area contributed by atoms with Crippen LogP contribution in [0.25, 0.3) is 0 Å². The predicted molar refractivity (Wildman–Crippen MR) is 162 cm³/mol. The Morgan fingerprint density at radius 1 is 0.361 bits per heavy atom. The van der Waals surface area contributed by atoms with Crippen molar-refractivity contribution in [3.8, 4) is 0 Å². The molecule has 0 N–H and O–H groups in total.